The zero-order valence-corrected chi connectivity index (χ0v) is 11.8. The van der Waals surface area contributed by atoms with Gasteiger partial charge in [-0.05, 0) is 6.92 Å². The van der Waals surface area contributed by atoms with Gasteiger partial charge in [-0.3, -0.25) is 18.9 Å². The molecular weight excluding hydrogens is 306 g/mol. The van der Waals surface area contributed by atoms with Crippen molar-refractivity contribution in [2.75, 3.05) is 6.54 Å². The van der Waals surface area contributed by atoms with Crippen LogP contribution in [0.4, 0.5) is 0 Å². The van der Waals surface area contributed by atoms with E-state index in [2.05, 4.69) is 4.98 Å². The highest BCUT2D eigenvalue weighted by Gasteiger charge is 2.36. The molecule has 0 radical (unpaired) electrons. The van der Waals surface area contributed by atoms with E-state index in [1.54, 1.807) is 4.72 Å². The summed E-state index contributed by atoms with van der Waals surface area (Å²) in [6, 6.07) is 0. The monoisotopic (exact) mass is 321 g/mol. The lowest BCUT2D eigenvalue weighted by Crippen LogP contribution is -2.37. The van der Waals surface area contributed by atoms with Gasteiger partial charge in [-0.2, -0.15) is 13.1 Å². The van der Waals surface area contributed by atoms with E-state index in [9.17, 15) is 23.1 Å². The molecule has 118 valence electrons. The van der Waals surface area contributed by atoms with Gasteiger partial charge < -0.3 is 9.84 Å². The number of H-pyrrole nitrogens is 1. The molecule has 1 aliphatic rings. The topological polar surface area (TPSA) is 151 Å². The fourth-order valence-corrected chi connectivity index (χ4v) is 2.43. The summed E-state index contributed by atoms with van der Waals surface area (Å²) < 4.78 is 38.1. The van der Waals surface area contributed by atoms with E-state index in [0.717, 1.165) is 4.57 Å². The van der Waals surface area contributed by atoms with E-state index in [4.69, 9.17) is 9.29 Å². The van der Waals surface area contributed by atoms with Gasteiger partial charge in [0, 0.05) is 24.7 Å². The number of hydrogen-bond donors (Lipinski definition) is 4. The van der Waals surface area contributed by atoms with Gasteiger partial charge in [0.1, 0.15) is 6.23 Å². The van der Waals surface area contributed by atoms with Gasteiger partial charge in [0.15, 0.2) is 0 Å². The number of rotatable bonds is 4. The number of ether oxygens (including phenoxy) is 1. The zero-order valence-electron chi connectivity index (χ0n) is 11.0. The van der Waals surface area contributed by atoms with Gasteiger partial charge in [-0.15, -0.1) is 0 Å². The Bertz CT molecular complexity index is 738. The van der Waals surface area contributed by atoms with E-state index in [0.29, 0.717) is 5.56 Å². The number of aromatic amines is 1. The lowest BCUT2D eigenvalue weighted by atomic mass is 10.2. The van der Waals surface area contributed by atoms with Gasteiger partial charge in [0.2, 0.25) is 0 Å². The normalized spacial score (nSPS) is 26.1. The molecule has 21 heavy (non-hydrogen) atoms. The van der Waals surface area contributed by atoms with Crippen LogP contribution in [0.1, 0.15) is 18.2 Å². The highest BCUT2D eigenvalue weighted by atomic mass is 32.2. The molecule has 0 amide bonds. The number of aliphatic hydroxyl groups is 1. The Morgan fingerprint density at radius 1 is 1.52 bits per heavy atom. The van der Waals surface area contributed by atoms with Gasteiger partial charge in [-0.1, -0.05) is 0 Å². The highest BCUT2D eigenvalue weighted by Crippen LogP contribution is 2.27. The average molecular weight is 321 g/mol. The molecule has 1 fully saturated rings. The molecule has 1 aliphatic heterocycles. The summed E-state index contributed by atoms with van der Waals surface area (Å²) in [6.07, 6.45) is -1.43. The first-order valence-electron chi connectivity index (χ1n) is 6.05. The second-order valence-electron chi connectivity index (χ2n) is 4.73. The second kappa shape index (κ2) is 5.69. The Balaban J connectivity index is 2.16. The molecule has 1 saturated heterocycles. The van der Waals surface area contributed by atoms with Gasteiger partial charge in [0.05, 0.1) is 12.2 Å². The maximum Gasteiger partial charge on any atom is 0.333 e. The molecule has 0 unspecified atom stereocenters. The van der Waals surface area contributed by atoms with Crippen LogP contribution in [0.15, 0.2) is 15.8 Å². The fraction of sp³-hybridized carbons (Fsp3) is 0.600. The van der Waals surface area contributed by atoms with E-state index in [1.807, 2.05) is 0 Å². The van der Waals surface area contributed by atoms with Crippen molar-refractivity contribution in [1.82, 2.24) is 14.3 Å². The molecule has 2 rings (SSSR count). The summed E-state index contributed by atoms with van der Waals surface area (Å²) in [5.74, 6) is 0. The standard InChI is InChI=1S/C10H15N3O7S/c1-5-4-13(10(16)12-9(5)15)8-2-6(14)7(20-8)3-11-21(17,18)19/h4,6-8,11,14H,2-3H2,1H3,(H,12,15,16)(H,17,18,19)/t6-,7+,8+/m0/s1. The molecule has 1 aromatic heterocycles. The third kappa shape index (κ3) is 3.77. The van der Waals surface area contributed by atoms with Gasteiger partial charge in [-0.25, -0.2) is 4.79 Å². The molecule has 0 aliphatic carbocycles. The molecule has 3 atom stereocenters. The van der Waals surface area contributed by atoms with Crippen molar-refractivity contribution in [2.24, 2.45) is 0 Å². The summed E-state index contributed by atoms with van der Waals surface area (Å²) in [4.78, 5) is 25.1. The van der Waals surface area contributed by atoms with Crippen molar-refractivity contribution in [3.63, 3.8) is 0 Å². The maximum absolute atomic E-state index is 11.7. The number of hydrogen-bond acceptors (Lipinski definition) is 6. The first-order valence-corrected chi connectivity index (χ1v) is 7.49. The quantitative estimate of drug-likeness (QED) is 0.463. The Labute approximate surface area is 119 Å². The number of aryl methyl sites for hydroxylation is 1. The summed E-state index contributed by atoms with van der Waals surface area (Å²) >= 11 is 0. The van der Waals surface area contributed by atoms with Crippen LogP contribution >= 0.6 is 0 Å². The Morgan fingerprint density at radius 2 is 2.19 bits per heavy atom. The lowest BCUT2D eigenvalue weighted by Gasteiger charge is -2.16. The van der Waals surface area contributed by atoms with Crippen LogP contribution in [-0.4, -0.2) is 46.4 Å². The smallest absolute Gasteiger partial charge is 0.333 e. The number of nitrogens with one attached hydrogen (secondary N) is 2. The van der Waals surface area contributed by atoms with E-state index < -0.39 is 40.0 Å². The average Bonchev–Trinajstić information content (AvgIpc) is 2.72. The number of aromatic nitrogens is 2. The molecule has 11 heteroatoms. The van der Waals surface area contributed by atoms with Crippen molar-refractivity contribution in [2.45, 2.75) is 31.8 Å². The van der Waals surface area contributed by atoms with Crippen molar-refractivity contribution < 1.29 is 22.8 Å². The van der Waals surface area contributed by atoms with Crippen LogP contribution in [0, 0.1) is 6.92 Å². The third-order valence-corrected chi connectivity index (χ3v) is 3.66. The molecule has 2 heterocycles. The van der Waals surface area contributed by atoms with Crippen LogP contribution in [0.2, 0.25) is 0 Å². The van der Waals surface area contributed by atoms with E-state index in [-0.39, 0.29) is 13.0 Å². The van der Waals surface area contributed by atoms with Crippen LogP contribution in [0.5, 0.6) is 0 Å². The number of aliphatic hydroxyl groups excluding tert-OH is 1. The molecule has 1 aromatic rings. The van der Waals surface area contributed by atoms with Crippen LogP contribution in [-0.2, 0) is 15.0 Å². The van der Waals surface area contributed by atoms with Crippen molar-refractivity contribution in [1.29, 1.82) is 0 Å². The van der Waals surface area contributed by atoms with Crippen LogP contribution in [0.25, 0.3) is 0 Å². The second-order valence-corrected chi connectivity index (χ2v) is 5.97. The van der Waals surface area contributed by atoms with Gasteiger partial charge >= 0.3 is 16.0 Å². The molecule has 0 saturated carbocycles. The maximum atomic E-state index is 11.7. The summed E-state index contributed by atoms with van der Waals surface area (Å²) in [5, 5.41) is 9.80. The Hall–Kier alpha value is -1.53. The van der Waals surface area contributed by atoms with Crippen molar-refractivity contribution in [3.05, 3.63) is 32.6 Å². The molecule has 0 spiro atoms. The zero-order chi connectivity index (χ0) is 15.8. The SMILES string of the molecule is Cc1cn([C@H]2C[C@H](O)[C@@H](CNS(=O)(=O)O)O2)c(=O)[nH]c1=O. The van der Waals surface area contributed by atoms with Crippen molar-refractivity contribution in [3.8, 4) is 0 Å². The molecule has 0 aromatic carbocycles. The lowest BCUT2D eigenvalue weighted by molar-refractivity contribution is -0.0171. The first-order chi connectivity index (χ1) is 9.67. The third-order valence-electron chi connectivity index (χ3n) is 3.13. The largest absolute Gasteiger partial charge is 0.390 e. The van der Waals surface area contributed by atoms with Gasteiger partial charge in [0.25, 0.3) is 5.56 Å². The Kier molecular flexibility index (Phi) is 4.30. The summed E-state index contributed by atoms with van der Waals surface area (Å²) in [6.45, 7) is 1.17. The van der Waals surface area contributed by atoms with E-state index >= 15 is 0 Å². The van der Waals surface area contributed by atoms with Crippen LogP contribution < -0.4 is 16.0 Å². The minimum absolute atomic E-state index is 0.0449. The highest BCUT2D eigenvalue weighted by molar-refractivity contribution is 7.83. The predicted molar refractivity (Wildman–Crippen MR) is 70.1 cm³/mol. The first kappa shape index (κ1) is 15.9. The molecule has 10 nitrogen and oxygen atoms in total. The summed E-state index contributed by atoms with van der Waals surface area (Å²) in [5.41, 5.74) is -0.905. The van der Waals surface area contributed by atoms with E-state index in [1.165, 1.54) is 13.1 Å². The predicted octanol–water partition coefficient (Wildman–Crippen LogP) is -2.11. The summed E-state index contributed by atoms with van der Waals surface area (Å²) in [7, 11) is -4.39. The van der Waals surface area contributed by atoms with Crippen LogP contribution in [0.3, 0.4) is 0 Å². The Morgan fingerprint density at radius 3 is 2.81 bits per heavy atom. The van der Waals surface area contributed by atoms with Crippen molar-refractivity contribution >= 4 is 10.3 Å². The number of nitrogens with zero attached hydrogens (tertiary/aromatic N) is 1. The molecule has 0 bridgehead atoms. The fourth-order valence-electron chi connectivity index (χ4n) is 2.06. The minimum Gasteiger partial charge on any atom is -0.390 e. The molecule has 4 N–H and O–H groups in total. The molecular formula is C10H15N3O7S. The minimum atomic E-state index is -4.39.